The average molecular weight is 569 g/mol. The van der Waals surface area contributed by atoms with Crippen LogP contribution in [0.25, 0.3) is 0 Å². The van der Waals surface area contributed by atoms with Gasteiger partial charge >= 0.3 is 17.9 Å². The van der Waals surface area contributed by atoms with Crippen LogP contribution in [0.5, 0.6) is 0 Å². The molecule has 41 heavy (non-hydrogen) atoms. The highest BCUT2D eigenvalue weighted by atomic mass is 16.6. The molecule has 2 saturated carbocycles. The number of fused-ring (bicyclic) bond motifs is 4. The molecule has 5 aliphatic rings. The number of esters is 3. The van der Waals surface area contributed by atoms with Crippen molar-refractivity contribution in [2.75, 3.05) is 7.11 Å². The van der Waals surface area contributed by atoms with Gasteiger partial charge in [0.25, 0.3) is 0 Å². The Kier molecular flexibility index (Phi) is 5.72. The summed E-state index contributed by atoms with van der Waals surface area (Å²) in [7, 11) is 1.27. The van der Waals surface area contributed by atoms with E-state index in [-0.39, 0.29) is 18.4 Å². The van der Waals surface area contributed by atoms with E-state index in [1.165, 1.54) is 25.7 Å². The lowest BCUT2D eigenvalue weighted by molar-refractivity contribution is -0.251. The van der Waals surface area contributed by atoms with Gasteiger partial charge in [-0.1, -0.05) is 34.6 Å². The predicted octanol–water partition coefficient (Wildman–Crippen LogP) is 3.12. The van der Waals surface area contributed by atoms with Gasteiger partial charge in [0.15, 0.2) is 5.60 Å². The third-order valence-electron chi connectivity index (χ3n) is 11.1. The number of hydrogen-bond donors (Lipinski definition) is 2. The summed E-state index contributed by atoms with van der Waals surface area (Å²) in [5.74, 6) is -3.82. The number of Topliss-reactive ketones (excluding diaryl/α,β-unsaturated/α-hetero) is 1. The zero-order chi connectivity index (χ0) is 29.9. The highest BCUT2D eigenvalue weighted by molar-refractivity contribution is 6.11. The van der Waals surface area contributed by atoms with Crippen LogP contribution in [-0.4, -0.2) is 58.3 Å². The van der Waals surface area contributed by atoms with Crippen LogP contribution in [-0.2, 0) is 33.4 Å². The van der Waals surface area contributed by atoms with Gasteiger partial charge in [-0.2, -0.15) is 0 Å². The van der Waals surface area contributed by atoms with Crippen molar-refractivity contribution in [2.45, 2.75) is 83.7 Å². The molecule has 2 bridgehead atoms. The lowest BCUT2D eigenvalue weighted by Crippen LogP contribution is -2.76. The average Bonchev–Trinajstić information content (AvgIpc) is 3.55. The van der Waals surface area contributed by atoms with Crippen molar-refractivity contribution < 1.29 is 48.0 Å². The Balaban J connectivity index is 1.61. The molecule has 6 rings (SSSR count). The Morgan fingerprint density at radius 2 is 1.88 bits per heavy atom. The largest absolute Gasteiger partial charge is 0.472 e. The van der Waals surface area contributed by atoms with Gasteiger partial charge in [-0.15, -0.1) is 0 Å². The number of rotatable bonds is 5. The van der Waals surface area contributed by atoms with Crippen molar-refractivity contribution >= 4 is 23.7 Å². The maximum absolute atomic E-state index is 14.7. The minimum absolute atomic E-state index is 0.0662. The second-order valence-corrected chi connectivity index (χ2v) is 13.3. The molecular weight excluding hydrogens is 532 g/mol. The van der Waals surface area contributed by atoms with Gasteiger partial charge < -0.3 is 28.8 Å². The fourth-order valence-electron chi connectivity index (χ4n) is 9.06. The maximum Gasteiger partial charge on any atom is 0.331 e. The van der Waals surface area contributed by atoms with Gasteiger partial charge in [-0.25, -0.2) is 4.79 Å². The van der Waals surface area contributed by atoms with E-state index < -0.39 is 75.2 Å². The number of carbonyl (C=O) groups is 4. The highest BCUT2D eigenvalue weighted by Crippen LogP contribution is 2.79. The molecule has 0 radical (unpaired) electrons. The Morgan fingerprint density at radius 1 is 1.17 bits per heavy atom. The zero-order valence-electron chi connectivity index (χ0n) is 24.1. The molecule has 0 spiro atoms. The van der Waals surface area contributed by atoms with Crippen LogP contribution in [0.1, 0.15) is 72.0 Å². The predicted molar refractivity (Wildman–Crippen MR) is 141 cm³/mol. The minimum Gasteiger partial charge on any atom is -0.472 e. The molecule has 0 saturated heterocycles. The van der Waals surface area contributed by atoms with Crippen LogP contribution in [0.4, 0.5) is 0 Å². The molecule has 8 atom stereocenters. The van der Waals surface area contributed by atoms with Gasteiger partial charge in [0.05, 0.1) is 25.6 Å². The number of ether oxygens (including phenoxy) is 3. The number of carbonyl (C=O) groups excluding carboxylic acids is 4. The zero-order valence-corrected chi connectivity index (χ0v) is 24.1. The fourth-order valence-corrected chi connectivity index (χ4v) is 9.06. The molecule has 1 aromatic rings. The Hall–Kier alpha value is -3.24. The summed E-state index contributed by atoms with van der Waals surface area (Å²) >= 11 is 0. The van der Waals surface area contributed by atoms with E-state index >= 15 is 0 Å². The quantitative estimate of drug-likeness (QED) is 0.401. The van der Waals surface area contributed by atoms with Crippen molar-refractivity contribution in [1.29, 1.82) is 0 Å². The first kappa shape index (κ1) is 27.9. The molecular formula is C31H36O10. The van der Waals surface area contributed by atoms with Gasteiger partial charge in [0.1, 0.15) is 17.8 Å². The van der Waals surface area contributed by atoms with Crippen molar-refractivity contribution in [1.82, 2.24) is 0 Å². The number of furan rings is 1. The molecule has 2 fully saturated rings. The summed E-state index contributed by atoms with van der Waals surface area (Å²) in [5, 5.41) is 25.0. The molecule has 10 heteroatoms. The van der Waals surface area contributed by atoms with Gasteiger partial charge in [0, 0.05) is 39.9 Å². The first-order chi connectivity index (χ1) is 19.1. The summed E-state index contributed by atoms with van der Waals surface area (Å²) in [5.41, 5.74) is -6.07. The molecule has 220 valence electrons. The molecule has 10 nitrogen and oxygen atoms in total. The monoisotopic (exact) mass is 568 g/mol. The second kappa shape index (κ2) is 8.41. The first-order valence-corrected chi connectivity index (χ1v) is 14.1. The number of cyclic esters (lactones) is 1. The standard InChI is InChI=1S/C31H36O10/c1-15(2)25(35)41-26-28(4)14-30(36)29(5,19(28)12-20(32)38-6)17-7-9-27(3)18(22(17)23(34)31(26,30)37)11-21(33)40-24(27)16-8-10-39-13-16/h8,10-11,13,15,19,24,26,36-37H,7,9,12,14H2,1-6H3/t19-,24-,26-,27+,28-,29+,30+,31+/m0/s1. The van der Waals surface area contributed by atoms with E-state index in [2.05, 4.69) is 0 Å². The fraction of sp³-hybridized carbons (Fsp3) is 0.613. The van der Waals surface area contributed by atoms with Crippen LogP contribution in [0.3, 0.4) is 0 Å². The molecule has 1 aliphatic heterocycles. The van der Waals surface area contributed by atoms with Crippen LogP contribution in [0, 0.1) is 28.1 Å². The van der Waals surface area contributed by atoms with E-state index in [0.29, 0.717) is 29.6 Å². The third-order valence-corrected chi connectivity index (χ3v) is 11.1. The normalized spacial score (nSPS) is 42.5. The van der Waals surface area contributed by atoms with E-state index in [1.807, 2.05) is 6.92 Å². The second-order valence-electron chi connectivity index (χ2n) is 13.3. The smallest absolute Gasteiger partial charge is 0.331 e. The van der Waals surface area contributed by atoms with Crippen LogP contribution < -0.4 is 0 Å². The molecule has 4 aliphatic carbocycles. The van der Waals surface area contributed by atoms with Gasteiger partial charge in [0.2, 0.25) is 5.78 Å². The van der Waals surface area contributed by atoms with Crippen LogP contribution in [0.15, 0.2) is 45.8 Å². The highest BCUT2D eigenvalue weighted by Gasteiger charge is 2.89. The summed E-state index contributed by atoms with van der Waals surface area (Å²) in [4.78, 5) is 53.4. The van der Waals surface area contributed by atoms with Crippen molar-refractivity contribution in [3.05, 3.63) is 47.0 Å². The maximum atomic E-state index is 14.7. The van der Waals surface area contributed by atoms with Crippen LogP contribution in [0.2, 0.25) is 0 Å². The molecule has 0 aromatic carbocycles. The third kappa shape index (κ3) is 3.10. The Labute approximate surface area is 237 Å². The number of methoxy groups -OCH3 is 1. The van der Waals surface area contributed by atoms with E-state index in [4.69, 9.17) is 18.6 Å². The summed E-state index contributed by atoms with van der Waals surface area (Å²) in [6, 6.07) is 1.70. The summed E-state index contributed by atoms with van der Waals surface area (Å²) < 4.78 is 22.0. The van der Waals surface area contributed by atoms with E-state index in [1.54, 1.807) is 33.8 Å². The van der Waals surface area contributed by atoms with E-state index in [9.17, 15) is 29.4 Å². The summed E-state index contributed by atoms with van der Waals surface area (Å²) in [6.45, 7) is 8.70. The molecule has 0 unspecified atom stereocenters. The SMILES string of the molecule is COC(=O)C[C@H]1[C@]2(C)C[C@]3(O)[C@@](O)(C(=O)C4=C(CC[C@]5(C)C4=CC(=O)O[C@H]5c4ccoc4)[C@]13C)[C@H]2OC(=O)C(C)C. The topological polar surface area (TPSA) is 150 Å². The van der Waals surface area contributed by atoms with E-state index in [0.717, 1.165) is 0 Å². The number of ketones is 1. The van der Waals surface area contributed by atoms with Crippen LogP contribution >= 0.6 is 0 Å². The first-order valence-electron chi connectivity index (χ1n) is 14.1. The van der Waals surface area contributed by atoms with Crippen molar-refractivity contribution in [3.63, 3.8) is 0 Å². The van der Waals surface area contributed by atoms with Gasteiger partial charge in [-0.3, -0.25) is 14.4 Å². The molecule has 1 aromatic heterocycles. The Morgan fingerprint density at radius 3 is 2.49 bits per heavy atom. The lowest BCUT2D eigenvalue weighted by atomic mass is 9.44. The number of aliphatic hydroxyl groups is 2. The summed E-state index contributed by atoms with van der Waals surface area (Å²) in [6.07, 6.45) is 2.69. The lowest BCUT2D eigenvalue weighted by Gasteiger charge is -2.63. The minimum atomic E-state index is -2.52. The molecule has 2 heterocycles. The van der Waals surface area contributed by atoms with Gasteiger partial charge in [-0.05, 0) is 42.4 Å². The molecule has 2 N–H and O–H groups in total. The number of hydrogen-bond acceptors (Lipinski definition) is 10. The Bertz CT molecular complexity index is 1440. The van der Waals surface area contributed by atoms with Crippen molar-refractivity contribution in [3.8, 4) is 0 Å². The molecule has 0 amide bonds. The van der Waals surface area contributed by atoms with Crippen molar-refractivity contribution in [2.24, 2.45) is 28.1 Å².